The van der Waals surface area contributed by atoms with E-state index < -0.39 is 0 Å². The van der Waals surface area contributed by atoms with Crippen LogP contribution in [-0.2, 0) is 9.53 Å². The van der Waals surface area contributed by atoms with Crippen molar-refractivity contribution < 1.29 is 14.3 Å². The third-order valence-corrected chi connectivity index (χ3v) is 6.93. The van der Waals surface area contributed by atoms with Crippen LogP contribution in [-0.4, -0.2) is 43.0 Å². The molecule has 0 N–H and O–H groups in total. The number of benzene rings is 2. The van der Waals surface area contributed by atoms with Gasteiger partial charge in [-0.2, -0.15) is 0 Å². The molecule has 1 amide bonds. The molecule has 2 aromatic carbocycles. The highest BCUT2D eigenvalue weighted by atomic mass is 32.2. The number of ether oxygens (including phenoxy) is 2. The highest BCUT2D eigenvalue weighted by molar-refractivity contribution is 8.00. The zero-order valence-corrected chi connectivity index (χ0v) is 18.2. The molecule has 1 aliphatic rings. The molecule has 3 aromatic rings. The fraction of sp³-hybridized carbons (Fsp3) is 0.364. The Labute approximate surface area is 179 Å². The average molecular weight is 429 g/mol. The molecule has 29 heavy (non-hydrogen) atoms. The highest BCUT2D eigenvalue weighted by Gasteiger charge is 2.26. The minimum Gasteiger partial charge on any atom is -0.497 e. The summed E-state index contributed by atoms with van der Waals surface area (Å²) in [6.45, 7) is 3.40. The second-order valence-corrected chi connectivity index (χ2v) is 9.13. The number of hydrogen-bond donors (Lipinski definition) is 0. The van der Waals surface area contributed by atoms with Crippen molar-refractivity contribution in [3.63, 3.8) is 0 Å². The summed E-state index contributed by atoms with van der Waals surface area (Å²) in [6, 6.07) is 14.0. The molecule has 1 atom stereocenters. The van der Waals surface area contributed by atoms with Crippen molar-refractivity contribution in [1.82, 2.24) is 4.98 Å². The largest absolute Gasteiger partial charge is 0.497 e. The molecule has 0 aliphatic carbocycles. The first kappa shape index (κ1) is 20.2. The molecular formula is C22H24N2O3S2. The molecule has 0 spiro atoms. The van der Waals surface area contributed by atoms with Crippen molar-refractivity contribution in [2.45, 2.75) is 30.8 Å². The Morgan fingerprint density at radius 2 is 2.14 bits per heavy atom. The van der Waals surface area contributed by atoms with Crippen molar-refractivity contribution in [3.8, 4) is 5.75 Å². The number of carbonyl (C=O) groups excluding carboxylic acids is 1. The summed E-state index contributed by atoms with van der Waals surface area (Å²) in [4.78, 5) is 20.8. The first-order chi connectivity index (χ1) is 14.1. The Balaban J connectivity index is 1.52. The van der Waals surface area contributed by atoms with E-state index in [0.29, 0.717) is 12.3 Å². The van der Waals surface area contributed by atoms with Crippen molar-refractivity contribution in [1.29, 1.82) is 0 Å². The molecule has 1 fully saturated rings. The molecule has 5 nitrogen and oxygen atoms in total. The minimum absolute atomic E-state index is 0.0529. The van der Waals surface area contributed by atoms with Crippen molar-refractivity contribution >= 4 is 44.4 Å². The summed E-state index contributed by atoms with van der Waals surface area (Å²) >= 11 is 3.10. The lowest BCUT2D eigenvalue weighted by Gasteiger charge is -2.23. The molecule has 0 saturated carbocycles. The number of anilines is 1. The van der Waals surface area contributed by atoms with Crippen LogP contribution < -0.4 is 9.64 Å². The Morgan fingerprint density at radius 3 is 2.86 bits per heavy atom. The monoisotopic (exact) mass is 428 g/mol. The third kappa shape index (κ3) is 4.91. The van der Waals surface area contributed by atoms with Gasteiger partial charge in [0, 0.05) is 11.5 Å². The van der Waals surface area contributed by atoms with Crippen LogP contribution in [0.4, 0.5) is 5.13 Å². The third-order valence-electron chi connectivity index (χ3n) is 4.90. The maximum atomic E-state index is 13.2. The van der Waals surface area contributed by atoms with Crippen LogP contribution >= 0.6 is 23.1 Å². The molecule has 1 aromatic heterocycles. The van der Waals surface area contributed by atoms with Crippen molar-refractivity contribution in [2.75, 3.05) is 30.9 Å². The molecule has 1 unspecified atom stereocenters. The van der Waals surface area contributed by atoms with E-state index in [2.05, 4.69) is 19.1 Å². The van der Waals surface area contributed by atoms with E-state index >= 15 is 0 Å². The van der Waals surface area contributed by atoms with Crippen LogP contribution in [0.15, 0.2) is 47.4 Å². The van der Waals surface area contributed by atoms with Crippen LogP contribution in [0.25, 0.3) is 10.2 Å². The standard InChI is InChI=1S/C22H24N2O3S2/c1-15-5-10-19-20(12-15)29-22(23-19)24(13-17-4-3-11-27-17)21(25)14-28-18-8-6-16(26-2)7-9-18/h5-10,12,17H,3-4,11,13-14H2,1-2H3. The van der Waals surface area contributed by atoms with E-state index in [1.807, 2.05) is 35.2 Å². The van der Waals surface area contributed by atoms with Gasteiger partial charge in [0.05, 0.1) is 35.7 Å². The van der Waals surface area contributed by atoms with Crippen LogP contribution in [0, 0.1) is 6.92 Å². The number of methoxy groups -OCH3 is 1. The number of rotatable bonds is 7. The normalized spacial score (nSPS) is 16.3. The maximum Gasteiger partial charge on any atom is 0.239 e. The van der Waals surface area contributed by atoms with Gasteiger partial charge in [-0.1, -0.05) is 17.4 Å². The van der Waals surface area contributed by atoms with Gasteiger partial charge in [-0.3, -0.25) is 9.69 Å². The molecule has 0 bridgehead atoms. The van der Waals surface area contributed by atoms with Crippen molar-refractivity contribution in [3.05, 3.63) is 48.0 Å². The lowest BCUT2D eigenvalue weighted by molar-refractivity contribution is -0.116. The summed E-state index contributed by atoms with van der Waals surface area (Å²) in [6.07, 6.45) is 2.12. The number of thiazole rings is 1. The van der Waals surface area contributed by atoms with Gasteiger partial charge in [-0.25, -0.2) is 4.98 Å². The predicted octanol–water partition coefficient (Wildman–Crippen LogP) is 4.92. The Hall–Kier alpha value is -2.09. The lowest BCUT2D eigenvalue weighted by atomic mass is 10.2. The zero-order valence-electron chi connectivity index (χ0n) is 16.6. The molecule has 1 saturated heterocycles. The Kier molecular flexibility index (Phi) is 6.37. The van der Waals surface area contributed by atoms with Crippen molar-refractivity contribution in [2.24, 2.45) is 0 Å². The number of amides is 1. The second kappa shape index (κ2) is 9.15. The number of nitrogens with zero attached hydrogens (tertiary/aromatic N) is 2. The number of thioether (sulfide) groups is 1. The summed E-state index contributed by atoms with van der Waals surface area (Å²) in [5, 5.41) is 0.751. The molecular weight excluding hydrogens is 404 g/mol. The van der Waals surface area contributed by atoms with E-state index in [9.17, 15) is 4.79 Å². The van der Waals surface area contributed by atoms with Gasteiger partial charge < -0.3 is 9.47 Å². The van der Waals surface area contributed by atoms with Gasteiger partial charge in [-0.15, -0.1) is 11.8 Å². The average Bonchev–Trinajstić information content (AvgIpc) is 3.39. The van der Waals surface area contributed by atoms with E-state index in [1.165, 1.54) is 17.3 Å². The molecule has 0 radical (unpaired) electrons. The topological polar surface area (TPSA) is 51.7 Å². The summed E-state index contributed by atoms with van der Waals surface area (Å²) < 4.78 is 12.1. The minimum atomic E-state index is 0.0529. The zero-order chi connectivity index (χ0) is 20.2. The molecule has 2 heterocycles. The van der Waals surface area contributed by atoms with E-state index in [4.69, 9.17) is 14.5 Å². The van der Waals surface area contributed by atoms with Crippen LogP contribution in [0.2, 0.25) is 0 Å². The Bertz CT molecular complexity index is 981. The first-order valence-corrected chi connectivity index (χ1v) is 11.5. The lowest BCUT2D eigenvalue weighted by Crippen LogP contribution is -2.38. The number of aromatic nitrogens is 1. The van der Waals surface area contributed by atoms with E-state index in [1.54, 1.807) is 18.4 Å². The number of hydrogen-bond acceptors (Lipinski definition) is 6. The maximum absolute atomic E-state index is 13.2. The molecule has 4 rings (SSSR count). The van der Waals surface area contributed by atoms with Gasteiger partial charge in [-0.05, 0) is 61.7 Å². The highest BCUT2D eigenvalue weighted by Crippen LogP contribution is 2.31. The van der Waals surface area contributed by atoms with Gasteiger partial charge in [0.25, 0.3) is 0 Å². The number of fused-ring (bicyclic) bond motifs is 1. The Morgan fingerprint density at radius 1 is 1.31 bits per heavy atom. The van der Waals surface area contributed by atoms with Crippen LogP contribution in [0.5, 0.6) is 5.75 Å². The molecule has 1 aliphatic heterocycles. The van der Waals surface area contributed by atoms with Gasteiger partial charge in [0.1, 0.15) is 5.75 Å². The predicted molar refractivity (Wildman–Crippen MR) is 119 cm³/mol. The molecule has 7 heteroatoms. The molecule has 152 valence electrons. The SMILES string of the molecule is COc1ccc(SCC(=O)N(CC2CCCO2)c2nc3ccc(C)cc3s2)cc1. The summed E-state index contributed by atoms with van der Waals surface area (Å²) in [5.41, 5.74) is 2.13. The van der Waals surface area contributed by atoms with Gasteiger partial charge in [0.15, 0.2) is 5.13 Å². The first-order valence-electron chi connectivity index (χ1n) is 9.68. The fourth-order valence-electron chi connectivity index (χ4n) is 3.31. The van der Waals surface area contributed by atoms with Crippen LogP contribution in [0.1, 0.15) is 18.4 Å². The quantitative estimate of drug-likeness (QED) is 0.500. The van der Waals surface area contributed by atoms with Gasteiger partial charge >= 0.3 is 0 Å². The fourth-order valence-corrected chi connectivity index (χ4v) is 5.17. The van der Waals surface area contributed by atoms with E-state index in [-0.39, 0.29) is 12.0 Å². The summed E-state index contributed by atoms with van der Waals surface area (Å²) in [7, 11) is 1.65. The van der Waals surface area contributed by atoms with E-state index in [0.717, 1.165) is 45.4 Å². The smallest absolute Gasteiger partial charge is 0.239 e. The number of aryl methyl sites for hydroxylation is 1. The second-order valence-electron chi connectivity index (χ2n) is 7.07. The van der Waals surface area contributed by atoms with Gasteiger partial charge in [0.2, 0.25) is 5.91 Å². The van der Waals surface area contributed by atoms with Crippen LogP contribution in [0.3, 0.4) is 0 Å². The number of carbonyl (C=O) groups is 1. The summed E-state index contributed by atoms with van der Waals surface area (Å²) in [5.74, 6) is 1.22.